The predicted molar refractivity (Wildman–Crippen MR) is 137 cm³/mol. The Morgan fingerprint density at radius 1 is 0.788 bits per heavy atom. The summed E-state index contributed by atoms with van der Waals surface area (Å²) in [6.07, 6.45) is 20.9. The van der Waals surface area contributed by atoms with Gasteiger partial charge in [0.2, 0.25) is 5.12 Å². The topological polar surface area (TPSA) is 97.5 Å². The Balaban J connectivity index is 2.19. The van der Waals surface area contributed by atoms with Crippen LogP contribution in [0.3, 0.4) is 0 Å². The zero-order valence-corrected chi connectivity index (χ0v) is 21.0. The molecule has 0 amide bonds. The number of nitro benzene ring substituents is 1. The molecule has 0 aliphatic rings. The fourth-order valence-corrected chi connectivity index (χ4v) is 4.41. The number of nitrogens with zero attached hydrogens (tertiary/aromatic N) is 1. The Hall–Kier alpha value is -1.89. The van der Waals surface area contributed by atoms with E-state index in [-0.39, 0.29) is 5.56 Å². The Labute approximate surface area is 204 Å². The van der Waals surface area contributed by atoms with Crippen LogP contribution < -0.4 is 0 Å². The van der Waals surface area contributed by atoms with Crippen molar-refractivity contribution in [3.8, 4) is 0 Å². The summed E-state index contributed by atoms with van der Waals surface area (Å²) in [6, 6.07) is 2.72. The maximum atomic E-state index is 11.7. The molecule has 0 aromatic heterocycles. The van der Waals surface area contributed by atoms with Gasteiger partial charge < -0.3 is 5.11 Å². The van der Waals surface area contributed by atoms with E-state index in [2.05, 4.69) is 19.6 Å². The maximum Gasteiger partial charge on any atom is 0.342 e. The minimum absolute atomic E-state index is 0.255. The molecule has 7 heteroatoms. The van der Waals surface area contributed by atoms with Crippen LogP contribution in [0.2, 0.25) is 0 Å². The highest BCUT2D eigenvalue weighted by Gasteiger charge is 2.28. The van der Waals surface area contributed by atoms with Gasteiger partial charge in [-0.2, -0.15) is 0 Å². The van der Waals surface area contributed by atoms with Gasteiger partial charge in [-0.1, -0.05) is 103 Å². The standard InChI is InChI=1S/C26H41NO5S/c1-2-3-4-5-6-7-8-9-10-11-12-13-14-15-16-17-18-21-19-22(25(28)29)24(27(31)32)23(20-21)26(30)33/h19-20H,2-18H2,1H3,(H,28,29)(H,30,33). The number of hydrogen-bond acceptors (Lipinski definition) is 4. The van der Waals surface area contributed by atoms with E-state index in [1.807, 2.05) is 0 Å². The zero-order chi connectivity index (χ0) is 24.5. The molecule has 33 heavy (non-hydrogen) atoms. The van der Waals surface area contributed by atoms with E-state index in [0.717, 1.165) is 19.3 Å². The van der Waals surface area contributed by atoms with E-state index in [1.165, 1.54) is 95.6 Å². The van der Waals surface area contributed by atoms with Crippen molar-refractivity contribution in [1.29, 1.82) is 0 Å². The number of benzene rings is 1. The molecule has 0 saturated carbocycles. The minimum Gasteiger partial charge on any atom is -0.477 e. The maximum absolute atomic E-state index is 11.7. The van der Waals surface area contributed by atoms with Crippen LogP contribution in [0.15, 0.2) is 12.1 Å². The highest BCUT2D eigenvalue weighted by molar-refractivity contribution is 7.97. The number of hydrogen-bond donors (Lipinski definition) is 2. The van der Waals surface area contributed by atoms with Crippen LogP contribution in [0.4, 0.5) is 5.69 Å². The second-order valence-corrected chi connectivity index (χ2v) is 9.37. The van der Waals surface area contributed by atoms with Gasteiger partial charge in [0.25, 0.3) is 5.69 Å². The Morgan fingerprint density at radius 2 is 1.18 bits per heavy atom. The summed E-state index contributed by atoms with van der Waals surface area (Å²) in [5, 5.41) is 19.8. The highest BCUT2D eigenvalue weighted by atomic mass is 32.1. The van der Waals surface area contributed by atoms with Crippen molar-refractivity contribution in [3.63, 3.8) is 0 Å². The zero-order valence-electron chi connectivity index (χ0n) is 20.2. The van der Waals surface area contributed by atoms with E-state index in [9.17, 15) is 24.8 Å². The monoisotopic (exact) mass is 479 g/mol. The first kappa shape index (κ1) is 29.1. The summed E-state index contributed by atoms with van der Waals surface area (Å²) in [5.74, 6) is -1.41. The fourth-order valence-electron chi connectivity index (χ4n) is 4.24. The molecule has 0 fully saturated rings. The fraction of sp³-hybridized carbons (Fsp3) is 0.692. The normalized spacial score (nSPS) is 11.0. The van der Waals surface area contributed by atoms with Gasteiger partial charge in [0.15, 0.2) is 0 Å². The Bertz CT molecular complexity index is 715. The molecule has 186 valence electrons. The van der Waals surface area contributed by atoms with Gasteiger partial charge in [0, 0.05) is 0 Å². The van der Waals surface area contributed by atoms with Crippen molar-refractivity contribution in [3.05, 3.63) is 38.9 Å². The van der Waals surface area contributed by atoms with Gasteiger partial charge >= 0.3 is 5.97 Å². The number of aromatic carboxylic acids is 1. The molecule has 0 atom stereocenters. The largest absolute Gasteiger partial charge is 0.477 e. The molecule has 0 bridgehead atoms. The third-order valence-electron chi connectivity index (χ3n) is 6.13. The molecule has 1 aromatic carbocycles. The summed E-state index contributed by atoms with van der Waals surface area (Å²) in [7, 11) is 0. The smallest absolute Gasteiger partial charge is 0.342 e. The number of rotatable bonds is 20. The van der Waals surface area contributed by atoms with Gasteiger partial charge in [-0.05, 0) is 30.5 Å². The van der Waals surface area contributed by atoms with Crippen LogP contribution in [0, 0.1) is 10.1 Å². The third-order valence-corrected chi connectivity index (χ3v) is 6.37. The lowest BCUT2D eigenvalue weighted by atomic mass is 9.98. The minimum atomic E-state index is -1.41. The summed E-state index contributed by atoms with van der Waals surface area (Å²) < 4.78 is 0. The lowest BCUT2D eigenvalue weighted by molar-refractivity contribution is -0.385. The van der Waals surface area contributed by atoms with E-state index >= 15 is 0 Å². The second kappa shape index (κ2) is 17.6. The first-order valence-electron chi connectivity index (χ1n) is 12.7. The number of thiol groups is 1. The number of aryl methyl sites for hydroxylation is 1. The van der Waals surface area contributed by atoms with E-state index in [4.69, 9.17) is 0 Å². The second-order valence-electron chi connectivity index (χ2n) is 8.96. The molecule has 0 aliphatic heterocycles. The molecule has 1 N–H and O–H groups in total. The molecule has 0 saturated heterocycles. The van der Waals surface area contributed by atoms with Crippen molar-refractivity contribution < 1.29 is 19.6 Å². The van der Waals surface area contributed by atoms with Gasteiger partial charge in [0.05, 0.1) is 4.92 Å². The van der Waals surface area contributed by atoms with Gasteiger partial charge in [-0.15, -0.1) is 12.6 Å². The molecule has 0 spiro atoms. The predicted octanol–water partition coefficient (Wildman–Crippen LogP) is 8.17. The number of carboxylic acids is 1. The quantitative estimate of drug-likeness (QED) is 0.0850. The van der Waals surface area contributed by atoms with Crippen LogP contribution in [0.1, 0.15) is 136 Å². The Kier molecular flexibility index (Phi) is 15.5. The van der Waals surface area contributed by atoms with Crippen molar-refractivity contribution in [2.75, 3.05) is 0 Å². The summed E-state index contributed by atoms with van der Waals surface area (Å²) >= 11 is 3.68. The SMILES string of the molecule is CCCCCCCCCCCCCCCCCCc1cc(C(=O)O)c([N+](=O)[O-])c(C(=O)S)c1. The van der Waals surface area contributed by atoms with E-state index in [0.29, 0.717) is 12.0 Å². The first-order chi connectivity index (χ1) is 15.9. The molecule has 6 nitrogen and oxygen atoms in total. The average molecular weight is 480 g/mol. The van der Waals surface area contributed by atoms with Gasteiger partial charge in [-0.25, -0.2) is 4.79 Å². The molecule has 0 unspecified atom stereocenters. The first-order valence-corrected chi connectivity index (χ1v) is 13.1. The number of nitro groups is 1. The van der Waals surface area contributed by atoms with Crippen molar-refractivity contribution in [2.45, 2.75) is 116 Å². The van der Waals surface area contributed by atoms with Crippen molar-refractivity contribution >= 4 is 29.4 Å². The molecule has 0 radical (unpaired) electrons. The van der Waals surface area contributed by atoms with E-state index in [1.54, 1.807) is 0 Å². The van der Waals surface area contributed by atoms with Crippen LogP contribution in [-0.2, 0) is 6.42 Å². The van der Waals surface area contributed by atoms with Gasteiger partial charge in [0.1, 0.15) is 11.1 Å². The lowest BCUT2D eigenvalue weighted by Crippen LogP contribution is -2.09. The summed E-state index contributed by atoms with van der Waals surface area (Å²) in [4.78, 5) is 33.5. The number of carboxylic acid groups (broad SMARTS) is 1. The Morgan fingerprint density at radius 3 is 1.55 bits per heavy atom. The number of carbonyl (C=O) groups is 2. The van der Waals surface area contributed by atoms with Gasteiger partial charge in [-0.3, -0.25) is 14.9 Å². The summed E-state index contributed by atoms with van der Waals surface area (Å²) in [5.41, 5.74) is -0.764. The lowest BCUT2D eigenvalue weighted by Gasteiger charge is -2.08. The molecular weight excluding hydrogens is 438 g/mol. The number of unbranched alkanes of at least 4 members (excludes halogenated alkanes) is 15. The highest BCUT2D eigenvalue weighted by Crippen LogP contribution is 2.28. The third kappa shape index (κ3) is 12.2. The average Bonchev–Trinajstić information content (AvgIpc) is 2.77. The van der Waals surface area contributed by atoms with Crippen LogP contribution in [-0.4, -0.2) is 21.1 Å². The molecule has 1 aromatic rings. The molecule has 0 heterocycles. The van der Waals surface area contributed by atoms with Crippen LogP contribution in [0.5, 0.6) is 0 Å². The summed E-state index contributed by atoms with van der Waals surface area (Å²) in [6.45, 7) is 2.25. The van der Waals surface area contributed by atoms with E-state index < -0.39 is 27.3 Å². The molecular formula is C26H41NO5S. The molecule has 0 aliphatic carbocycles. The van der Waals surface area contributed by atoms with Crippen LogP contribution in [0.25, 0.3) is 0 Å². The molecule has 1 rings (SSSR count). The van der Waals surface area contributed by atoms with Crippen molar-refractivity contribution in [1.82, 2.24) is 0 Å². The van der Waals surface area contributed by atoms with Crippen LogP contribution >= 0.6 is 12.6 Å². The van der Waals surface area contributed by atoms with Crippen molar-refractivity contribution in [2.24, 2.45) is 0 Å². The number of carbonyl (C=O) groups excluding carboxylic acids is 1.